The number of rotatable bonds is 3. The second kappa shape index (κ2) is 6.27. The fourth-order valence-electron chi connectivity index (χ4n) is 2.37. The normalized spacial score (nSPS) is 10.3. The van der Waals surface area contributed by atoms with E-state index in [0.717, 1.165) is 10.9 Å². The van der Waals surface area contributed by atoms with Gasteiger partial charge in [0.25, 0.3) is 5.91 Å². The summed E-state index contributed by atoms with van der Waals surface area (Å²) in [6, 6.07) is 16.2. The van der Waals surface area contributed by atoms with E-state index in [1.165, 1.54) is 6.92 Å². The number of nitrogens with zero attached hydrogens (tertiary/aromatic N) is 1. The van der Waals surface area contributed by atoms with Gasteiger partial charge in [-0.25, -0.2) is 0 Å². The van der Waals surface area contributed by atoms with E-state index in [9.17, 15) is 9.59 Å². The van der Waals surface area contributed by atoms with E-state index in [1.54, 1.807) is 36.5 Å². The third-order valence-corrected chi connectivity index (χ3v) is 3.33. The van der Waals surface area contributed by atoms with E-state index in [0.29, 0.717) is 16.9 Å². The van der Waals surface area contributed by atoms with Crippen molar-refractivity contribution in [1.82, 2.24) is 4.98 Å². The minimum atomic E-state index is -0.219. The molecule has 0 atom stereocenters. The predicted octanol–water partition coefficient (Wildman–Crippen LogP) is 3.45. The van der Waals surface area contributed by atoms with Crippen molar-refractivity contribution >= 4 is 34.1 Å². The highest BCUT2D eigenvalue weighted by Gasteiger charge is 2.10. The molecule has 23 heavy (non-hydrogen) atoms. The van der Waals surface area contributed by atoms with Crippen LogP contribution < -0.4 is 10.6 Å². The smallest absolute Gasteiger partial charge is 0.256 e. The van der Waals surface area contributed by atoms with Crippen LogP contribution in [0.3, 0.4) is 0 Å². The summed E-state index contributed by atoms with van der Waals surface area (Å²) in [4.78, 5) is 27.9. The maximum absolute atomic E-state index is 12.5. The number of para-hydroxylation sites is 1. The van der Waals surface area contributed by atoms with Gasteiger partial charge in [-0.2, -0.15) is 0 Å². The van der Waals surface area contributed by atoms with Crippen LogP contribution in [0, 0.1) is 0 Å². The van der Waals surface area contributed by atoms with Crippen LogP contribution in [0.4, 0.5) is 11.4 Å². The number of hydrogen-bond acceptors (Lipinski definition) is 3. The average Bonchev–Trinajstić information content (AvgIpc) is 2.54. The molecule has 0 aliphatic rings. The van der Waals surface area contributed by atoms with Crippen LogP contribution in [0.5, 0.6) is 0 Å². The molecule has 0 fully saturated rings. The van der Waals surface area contributed by atoms with Crippen LogP contribution in [0.25, 0.3) is 10.9 Å². The molecule has 0 radical (unpaired) electrons. The minimum Gasteiger partial charge on any atom is -0.326 e. The number of carbonyl (C=O) groups is 2. The summed E-state index contributed by atoms with van der Waals surface area (Å²) >= 11 is 0. The van der Waals surface area contributed by atoms with Gasteiger partial charge in [0, 0.05) is 29.9 Å². The Morgan fingerprint density at radius 3 is 2.43 bits per heavy atom. The van der Waals surface area contributed by atoms with Gasteiger partial charge < -0.3 is 10.6 Å². The first-order valence-corrected chi connectivity index (χ1v) is 7.16. The molecule has 2 amide bonds. The Morgan fingerprint density at radius 1 is 0.913 bits per heavy atom. The summed E-state index contributed by atoms with van der Waals surface area (Å²) in [6.45, 7) is 1.44. The molecule has 5 nitrogen and oxygen atoms in total. The molecule has 0 saturated heterocycles. The van der Waals surface area contributed by atoms with Gasteiger partial charge >= 0.3 is 0 Å². The van der Waals surface area contributed by atoms with Gasteiger partial charge in [0.1, 0.15) is 0 Å². The van der Waals surface area contributed by atoms with Gasteiger partial charge in [-0.3, -0.25) is 14.6 Å². The Kier molecular flexibility index (Phi) is 4.01. The highest BCUT2D eigenvalue weighted by molar-refractivity contribution is 6.12. The molecule has 3 rings (SSSR count). The number of pyridine rings is 1. The van der Waals surface area contributed by atoms with Crippen LogP contribution in [0.2, 0.25) is 0 Å². The number of amides is 2. The summed E-state index contributed by atoms with van der Waals surface area (Å²) in [5, 5.41) is 6.33. The third-order valence-electron chi connectivity index (χ3n) is 3.33. The van der Waals surface area contributed by atoms with Gasteiger partial charge in [-0.15, -0.1) is 0 Å². The van der Waals surface area contributed by atoms with Crippen molar-refractivity contribution in [2.75, 3.05) is 10.6 Å². The van der Waals surface area contributed by atoms with Gasteiger partial charge in [0.2, 0.25) is 5.91 Å². The molecule has 5 heteroatoms. The Bertz CT molecular complexity index is 885. The number of nitrogens with one attached hydrogen (secondary N) is 2. The Morgan fingerprint density at radius 2 is 1.65 bits per heavy atom. The number of fused-ring (bicyclic) bond motifs is 1. The van der Waals surface area contributed by atoms with E-state index in [2.05, 4.69) is 15.6 Å². The summed E-state index contributed by atoms with van der Waals surface area (Å²) in [7, 11) is 0. The fourth-order valence-corrected chi connectivity index (χ4v) is 2.37. The predicted molar refractivity (Wildman–Crippen MR) is 90.4 cm³/mol. The molecule has 0 bridgehead atoms. The van der Waals surface area contributed by atoms with Crippen LogP contribution in [-0.4, -0.2) is 16.8 Å². The van der Waals surface area contributed by atoms with Crippen molar-refractivity contribution in [1.29, 1.82) is 0 Å². The largest absolute Gasteiger partial charge is 0.326 e. The lowest BCUT2D eigenvalue weighted by Crippen LogP contribution is -2.13. The zero-order valence-corrected chi connectivity index (χ0v) is 12.5. The first kappa shape index (κ1) is 14.7. The summed E-state index contributed by atoms with van der Waals surface area (Å²) in [6.07, 6.45) is 1.62. The molecule has 3 aromatic rings. The van der Waals surface area contributed by atoms with Gasteiger partial charge in [-0.05, 0) is 30.3 Å². The summed E-state index contributed by atoms with van der Waals surface area (Å²) < 4.78 is 0. The molecule has 0 saturated carbocycles. The van der Waals surface area contributed by atoms with Crippen molar-refractivity contribution in [3.63, 3.8) is 0 Å². The highest BCUT2D eigenvalue weighted by atomic mass is 16.2. The standard InChI is InChI=1S/C18H15N3O2/c1-12(22)20-13-5-4-6-14(11-13)21-18(23)16-9-10-19-17-8-3-2-7-15(16)17/h2-11H,1H3,(H,20,22)(H,21,23). The SMILES string of the molecule is CC(=O)Nc1cccc(NC(=O)c2ccnc3ccccc23)c1. The molecule has 0 spiro atoms. The monoisotopic (exact) mass is 305 g/mol. The van der Waals surface area contributed by atoms with Crippen LogP contribution in [-0.2, 0) is 4.79 Å². The summed E-state index contributed by atoms with van der Waals surface area (Å²) in [5.41, 5.74) is 2.57. The molecular formula is C18H15N3O2. The highest BCUT2D eigenvalue weighted by Crippen LogP contribution is 2.19. The number of aromatic nitrogens is 1. The molecule has 1 aromatic heterocycles. The number of hydrogen-bond donors (Lipinski definition) is 2. The second-order valence-electron chi connectivity index (χ2n) is 5.09. The fraction of sp³-hybridized carbons (Fsp3) is 0.0556. The maximum atomic E-state index is 12.5. The van der Waals surface area contributed by atoms with E-state index < -0.39 is 0 Å². The average molecular weight is 305 g/mol. The van der Waals surface area contributed by atoms with Crippen molar-refractivity contribution in [3.05, 3.63) is 66.4 Å². The quantitative estimate of drug-likeness (QED) is 0.778. The van der Waals surface area contributed by atoms with Crippen molar-refractivity contribution in [2.24, 2.45) is 0 Å². The summed E-state index contributed by atoms with van der Waals surface area (Å²) in [5.74, 6) is -0.378. The molecule has 2 N–H and O–H groups in total. The Balaban J connectivity index is 1.88. The minimum absolute atomic E-state index is 0.159. The first-order valence-electron chi connectivity index (χ1n) is 7.16. The zero-order chi connectivity index (χ0) is 16.2. The van der Waals surface area contributed by atoms with Gasteiger partial charge in [0.05, 0.1) is 11.1 Å². The zero-order valence-electron chi connectivity index (χ0n) is 12.5. The molecule has 114 valence electrons. The second-order valence-corrected chi connectivity index (χ2v) is 5.09. The molecule has 0 aliphatic heterocycles. The molecular weight excluding hydrogens is 290 g/mol. The molecule has 0 unspecified atom stereocenters. The van der Waals surface area contributed by atoms with Crippen molar-refractivity contribution in [2.45, 2.75) is 6.92 Å². The Hall–Kier alpha value is -3.21. The van der Waals surface area contributed by atoms with Gasteiger partial charge in [0.15, 0.2) is 0 Å². The molecule has 2 aromatic carbocycles. The van der Waals surface area contributed by atoms with E-state index >= 15 is 0 Å². The molecule has 0 aliphatic carbocycles. The van der Waals surface area contributed by atoms with E-state index in [-0.39, 0.29) is 11.8 Å². The van der Waals surface area contributed by atoms with E-state index in [4.69, 9.17) is 0 Å². The van der Waals surface area contributed by atoms with Crippen LogP contribution in [0.1, 0.15) is 17.3 Å². The maximum Gasteiger partial charge on any atom is 0.256 e. The molecule has 1 heterocycles. The number of benzene rings is 2. The van der Waals surface area contributed by atoms with Crippen LogP contribution in [0.15, 0.2) is 60.8 Å². The van der Waals surface area contributed by atoms with E-state index in [1.807, 2.05) is 24.3 Å². The Labute approximate surface area is 133 Å². The van der Waals surface area contributed by atoms with Gasteiger partial charge in [-0.1, -0.05) is 24.3 Å². The lowest BCUT2D eigenvalue weighted by Gasteiger charge is -2.09. The van der Waals surface area contributed by atoms with Crippen molar-refractivity contribution in [3.8, 4) is 0 Å². The number of carbonyl (C=O) groups excluding carboxylic acids is 2. The lowest BCUT2D eigenvalue weighted by atomic mass is 10.1. The lowest BCUT2D eigenvalue weighted by molar-refractivity contribution is -0.114. The topological polar surface area (TPSA) is 71.1 Å². The van der Waals surface area contributed by atoms with Crippen molar-refractivity contribution < 1.29 is 9.59 Å². The third kappa shape index (κ3) is 3.35. The first-order chi connectivity index (χ1) is 11.1. The number of anilines is 2. The van der Waals surface area contributed by atoms with Crippen LogP contribution >= 0.6 is 0 Å².